The van der Waals surface area contributed by atoms with E-state index in [2.05, 4.69) is 0 Å². The summed E-state index contributed by atoms with van der Waals surface area (Å²) in [4.78, 5) is 11.8. The van der Waals surface area contributed by atoms with Gasteiger partial charge < -0.3 is 25.2 Å². The molecule has 0 fully saturated rings. The van der Waals surface area contributed by atoms with Crippen LogP contribution in [0.25, 0.3) is 6.08 Å². The van der Waals surface area contributed by atoms with E-state index >= 15 is 0 Å². The highest BCUT2D eigenvalue weighted by atomic mass is 16.5. The van der Waals surface area contributed by atoms with Gasteiger partial charge in [0.25, 0.3) is 0 Å². The lowest BCUT2D eigenvalue weighted by Gasteiger charge is -2.12. The summed E-state index contributed by atoms with van der Waals surface area (Å²) in [5, 5.41) is 37.3. The van der Waals surface area contributed by atoms with Crippen LogP contribution in [0.4, 0.5) is 0 Å². The van der Waals surface area contributed by atoms with Gasteiger partial charge in [-0.15, -0.1) is 0 Å². The molecule has 2 rings (SSSR count). The fourth-order valence-corrected chi connectivity index (χ4v) is 2.20. The second-order valence-electron chi connectivity index (χ2n) is 5.69. The summed E-state index contributed by atoms with van der Waals surface area (Å²) < 4.78 is 5.25. The number of aryl methyl sites for hydroxylation is 1. The number of ether oxygens (including phenoxy) is 1. The highest BCUT2D eigenvalue weighted by molar-refractivity contribution is 5.87. The van der Waals surface area contributed by atoms with E-state index in [-0.39, 0.29) is 29.1 Å². The largest absolute Gasteiger partial charge is 0.504 e. The molecule has 0 heterocycles. The zero-order chi connectivity index (χ0) is 18.4. The average Bonchev–Trinajstić information content (AvgIpc) is 2.57. The van der Waals surface area contributed by atoms with Crippen LogP contribution in [0.5, 0.6) is 23.0 Å². The SMILES string of the molecule is CC(CCc1ccc(O)c(O)c1)OC(=O)/C=C/c1ccc(O)c(O)c1. The van der Waals surface area contributed by atoms with Crippen LogP contribution in [-0.4, -0.2) is 32.5 Å². The Balaban J connectivity index is 1.83. The third kappa shape index (κ3) is 5.46. The van der Waals surface area contributed by atoms with Crippen LogP contribution in [0.15, 0.2) is 42.5 Å². The van der Waals surface area contributed by atoms with Crippen LogP contribution in [0.2, 0.25) is 0 Å². The summed E-state index contributed by atoms with van der Waals surface area (Å²) >= 11 is 0. The predicted molar refractivity (Wildman–Crippen MR) is 92.5 cm³/mol. The normalized spacial score (nSPS) is 12.2. The van der Waals surface area contributed by atoms with Crippen molar-refractivity contribution in [3.63, 3.8) is 0 Å². The molecule has 2 aromatic rings. The van der Waals surface area contributed by atoms with E-state index in [1.807, 2.05) is 0 Å². The lowest BCUT2D eigenvalue weighted by molar-refractivity contribution is -0.142. The Hall–Kier alpha value is -3.15. The number of hydrogen-bond donors (Lipinski definition) is 4. The quantitative estimate of drug-likeness (QED) is 0.364. The van der Waals surface area contributed by atoms with Crippen LogP contribution < -0.4 is 0 Å². The van der Waals surface area contributed by atoms with Gasteiger partial charge in [0, 0.05) is 6.08 Å². The van der Waals surface area contributed by atoms with Crippen molar-refractivity contribution in [3.8, 4) is 23.0 Å². The molecule has 0 saturated carbocycles. The van der Waals surface area contributed by atoms with Gasteiger partial charge in [-0.3, -0.25) is 0 Å². The summed E-state index contributed by atoms with van der Waals surface area (Å²) in [5.74, 6) is -1.36. The number of phenols is 4. The second kappa shape index (κ2) is 8.10. The third-order valence-corrected chi connectivity index (χ3v) is 3.61. The summed E-state index contributed by atoms with van der Waals surface area (Å²) in [6.45, 7) is 1.76. The van der Waals surface area contributed by atoms with Crippen molar-refractivity contribution in [1.29, 1.82) is 0 Å². The van der Waals surface area contributed by atoms with E-state index in [9.17, 15) is 25.2 Å². The molecule has 0 bridgehead atoms. The highest BCUT2D eigenvalue weighted by Gasteiger charge is 2.09. The van der Waals surface area contributed by atoms with Crippen molar-refractivity contribution in [2.45, 2.75) is 25.9 Å². The number of carbonyl (C=O) groups is 1. The van der Waals surface area contributed by atoms with E-state index in [4.69, 9.17) is 4.74 Å². The number of phenolic OH excluding ortho intramolecular Hbond substituents is 4. The fraction of sp³-hybridized carbons (Fsp3) is 0.211. The number of carbonyl (C=O) groups excluding carboxylic acids is 1. The number of aromatic hydroxyl groups is 4. The minimum Gasteiger partial charge on any atom is -0.504 e. The molecule has 0 saturated heterocycles. The van der Waals surface area contributed by atoms with Crippen molar-refractivity contribution in [1.82, 2.24) is 0 Å². The third-order valence-electron chi connectivity index (χ3n) is 3.61. The first-order valence-electron chi connectivity index (χ1n) is 7.76. The summed E-state index contributed by atoms with van der Waals surface area (Å²) in [5.41, 5.74) is 1.38. The molecule has 0 amide bonds. The Morgan fingerprint density at radius 2 is 1.64 bits per heavy atom. The lowest BCUT2D eigenvalue weighted by atomic mass is 10.1. The minimum absolute atomic E-state index is 0.173. The number of esters is 1. The van der Waals surface area contributed by atoms with Gasteiger partial charge in [-0.1, -0.05) is 12.1 Å². The Bertz CT molecular complexity index is 781. The van der Waals surface area contributed by atoms with Crippen LogP contribution in [0, 0.1) is 0 Å². The molecular weight excluding hydrogens is 324 g/mol. The molecule has 1 atom stereocenters. The van der Waals surface area contributed by atoms with Gasteiger partial charge in [-0.2, -0.15) is 0 Å². The molecule has 132 valence electrons. The average molecular weight is 344 g/mol. The lowest BCUT2D eigenvalue weighted by Crippen LogP contribution is -2.13. The Kier molecular flexibility index (Phi) is 5.89. The standard InChI is InChI=1S/C19H20O6/c1-12(2-3-13-4-7-15(20)17(22)10-13)25-19(24)9-6-14-5-8-16(21)18(23)11-14/h4-12,20-23H,2-3H2,1H3/b9-6+. The van der Waals surface area contributed by atoms with Gasteiger partial charge in [0.15, 0.2) is 23.0 Å². The topological polar surface area (TPSA) is 107 Å². The molecule has 4 N–H and O–H groups in total. The van der Waals surface area contributed by atoms with E-state index < -0.39 is 5.97 Å². The van der Waals surface area contributed by atoms with E-state index in [1.165, 1.54) is 36.4 Å². The Morgan fingerprint density at radius 3 is 2.28 bits per heavy atom. The first-order chi connectivity index (χ1) is 11.8. The Morgan fingerprint density at radius 1 is 1.00 bits per heavy atom. The van der Waals surface area contributed by atoms with Gasteiger partial charge in [-0.05, 0) is 61.2 Å². The molecule has 6 heteroatoms. The zero-order valence-electron chi connectivity index (χ0n) is 13.7. The highest BCUT2D eigenvalue weighted by Crippen LogP contribution is 2.26. The zero-order valence-corrected chi connectivity index (χ0v) is 13.7. The van der Waals surface area contributed by atoms with E-state index in [0.717, 1.165) is 5.56 Å². The maximum atomic E-state index is 11.8. The number of benzene rings is 2. The molecule has 0 aliphatic rings. The van der Waals surface area contributed by atoms with Gasteiger partial charge in [-0.25, -0.2) is 4.79 Å². The van der Waals surface area contributed by atoms with Gasteiger partial charge in [0.1, 0.15) is 0 Å². The summed E-state index contributed by atoms with van der Waals surface area (Å²) in [7, 11) is 0. The molecule has 0 radical (unpaired) electrons. The smallest absolute Gasteiger partial charge is 0.331 e. The number of hydrogen-bond acceptors (Lipinski definition) is 6. The fourth-order valence-electron chi connectivity index (χ4n) is 2.20. The van der Waals surface area contributed by atoms with Crippen molar-refractivity contribution in [2.24, 2.45) is 0 Å². The number of rotatable bonds is 6. The molecular formula is C19H20O6. The van der Waals surface area contributed by atoms with Crippen molar-refractivity contribution < 1.29 is 30.0 Å². The van der Waals surface area contributed by atoms with E-state index in [0.29, 0.717) is 18.4 Å². The van der Waals surface area contributed by atoms with Crippen molar-refractivity contribution >= 4 is 12.0 Å². The van der Waals surface area contributed by atoms with Crippen molar-refractivity contribution in [2.75, 3.05) is 0 Å². The summed E-state index contributed by atoms with van der Waals surface area (Å²) in [6.07, 6.45) is 3.53. The summed E-state index contributed by atoms with van der Waals surface area (Å²) in [6, 6.07) is 8.80. The molecule has 0 spiro atoms. The molecule has 0 aromatic heterocycles. The molecule has 25 heavy (non-hydrogen) atoms. The van der Waals surface area contributed by atoms with Crippen molar-refractivity contribution in [3.05, 3.63) is 53.6 Å². The van der Waals surface area contributed by atoms with E-state index in [1.54, 1.807) is 19.1 Å². The molecule has 0 aliphatic heterocycles. The monoisotopic (exact) mass is 344 g/mol. The van der Waals surface area contributed by atoms with Gasteiger partial charge in [0.2, 0.25) is 0 Å². The molecule has 6 nitrogen and oxygen atoms in total. The first-order valence-corrected chi connectivity index (χ1v) is 7.76. The van der Waals surface area contributed by atoms with Crippen LogP contribution in [-0.2, 0) is 16.0 Å². The first kappa shape index (κ1) is 18.2. The Labute approximate surface area is 145 Å². The van der Waals surface area contributed by atoms with Gasteiger partial charge >= 0.3 is 5.97 Å². The minimum atomic E-state index is -0.520. The molecule has 0 aliphatic carbocycles. The predicted octanol–water partition coefficient (Wildman–Crippen LogP) is 3.09. The van der Waals surface area contributed by atoms with Crippen LogP contribution in [0.3, 0.4) is 0 Å². The van der Waals surface area contributed by atoms with Crippen LogP contribution >= 0.6 is 0 Å². The maximum Gasteiger partial charge on any atom is 0.331 e. The molecule has 2 aromatic carbocycles. The van der Waals surface area contributed by atoms with Crippen LogP contribution in [0.1, 0.15) is 24.5 Å². The van der Waals surface area contributed by atoms with Gasteiger partial charge in [0.05, 0.1) is 6.10 Å². The maximum absolute atomic E-state index is 11.8. The molecule has 1 unspecified atom stereocenters. The second-order valence-corrected chi connectivity index (χ2v) is 5.69.